The van der Waals surface area contributed by atoms with Crippen LogP contribution in [0, 0.1) is 5.92 Å². The molecule has 1 aromatic carbocycles. The van der Waals surface area contributed by atoms with Crippen molar-refractivity contribution in [2.45, 2.75) is 45.8 Å². The zero-order valence-corrected chi connectivity index (χ0v) is 17.6. The predicted molar refractivity (Wildman–Crippen MR) is 116 cm³/mol. The molecule has 0 amide bonds. The number of likely N-dealkylation sites (tertiary alicyclic amines) is 1. The van der Waals surface area contributed by atoms with E-state index in [1.165, 1.54) is 25.9 Å². The van der Waals surface area contributed by atoms with Gasteiger partial charge in [-0.1, -0.05) is 37.3 Å². The summed E-state index contributed by atoms with van der Waals surface area (Å²) in [6, 6.07) is 9.99. The summed E-state index contributed by atoms with van der Waals surface area (Å²) in [5, 5.41) is 16.7. The third kappa shape index (κ3) is 9.53. The Labute approximate surface area is 170 Å². The van der Waals surface area contributed by atoms with Gasteiger partial charge in [0.2, 0.25) is 0 Å². The largest absolute Gasteiger partial charge is 0.389 e. The van der Waals surface area contributed by atoms with Crippen LogP contribution in [0.25, 0.3) is 0 Å². The number of benzene rings is 1. The molecule has 1 unspecified atom stereocenters. The molecule has 1 aliphatic heterocycles. The van der Waals surface area contributed by atoms with Crippen LogP contribution < -0.4 is 10.6 Å². The number of hydrogen-bond acceptors (Lipinski definition) is 4. The van der Waals surface area contributed by atoms with Crippen LogP contribution in [-0.2, 0) is 11.3 Å². The van der Waals surface area contributed by atoms with Gasteiger partial charge in [-0.15, -0.1) is 0 Å². The molecule has 1 aliphatic rings. The van der Waals surface area contributed by atoms with Crippen molar-refractivity contribution in [3.05, 3.63) is 35.9 Å². The molecule has 6 heteroatoms. The first-order valence-corrected chi connectivity index (χ1v) is 10.7. The highest BCUT2D eigenvalue weighted by Crippen LogP contribution is 2.15. The molecule has 28 heavy (non-hydrogen) atoms. The molecule has 6 nitrogen and oxygen atoms in total. The molecule has 158 valence electrons. The zero-order chi connectivity index (χ0) is 20.0. The fourth-order valence-electron chi connectivity index (χ4n) is 3.27. The van der Waals surface area contributed by atoms with Gasteiger partial charge in [-0.25, -0.2) is 0 Å². The van der Waals surface area contributed by atoms with Gasteiger partial charge in [0, 0.05) is 13.1 Å². The van der Waals surface area contributed by atoms with Gasteiger partial charge in [0.1, 0.15) is 0 Å². The Morgan fingerprint density at radius 2 is 2.00 bits per heavy atom. The number of nitrogens with one attached hydrogen (secondary N) is 2. The monoisotopic (exact) mass is 390 g/mol. The number of aliphatic imine (C=N–C) groups is 1. The number of aliphatic hydroxyl groups excluding tert-OH is 1. The molecule has 1 fully saturated rings. The summed E-state index contributed by atoms with van der Waals surface area (Å²) in [5.41, 5.74) is 1.11. The van der Waals surface area contributed by atoms with Gasteiger partial charge in [-0.05, 0) is 57.3 Å². The molecule has 0 aromatic heterocycles. The SMILES string of the molecule is CCNC(=NCC(O)COCc1ccccc1)NCCCN1CCC(C)CC1. The van der Waals surface area contributed by atoms with Gasteiger partial charge in [-0.3, -0.25) is 4.99 Å². The molecule has 3 N–H and O–H groups in total. The third-order valence-electron chi connectivity index (χ3n) is 5.05. The summed E-state index contributed by atoms with van der Waals surface area (Å²) < 4.78 is 5.58. The normalized spacial score (nSPS) is 17.5. The lowest BCUT2D eigenvalue weighted by molar-refractivity contribution is 0.0331. The van der Waals surface area contributed by atoms with E-state index in [0.29, 0.717) is 13.2 Å². The summed E-state index contributed by atoms with van der Waals surface area (Å²) >= 11 is 0. The van der Waals surface area contributed by atoms with E-state index in [-0.39, 0.29) is 6.61 Å². The molecule has 1 aromatic rings. The highest BCUT2D eigenvalue weighted by Gasteiger charge is 2.14. The average molecular weight is 391 g/mol. The lowest BCUT2D eigenvalue weighted by Crippen LogP contribution is -2.40. The molecule has 0 saturated carbocycles. The third-order valence-corrected chi connectivity index (χ3v) is 5.05. The summed E-state index contributed by atoms with van der Waals surface area (Å²) in [5.74, 6) is 1.64. The molecular formula is C22H38N4O2. The van der Waals surface area contributed by atoms with Crippen LogP contribution in [0.5, 0.6) is 0 Å². The minimum absolute atomic E-state index is 0.283. The van der Waals surface area contributed by atoms with Crippen molar-refractivity contribution in [3.63, 3.8) is 0 Å². The van der Waals surface area contributed by atoms with E-state index in [9.17, 15) is 5.11 Å². The fraction of sp³-hybridized carbons (Fsp3) is 0.682. The summed E-state index contributed by atoms with van der Waals surface area (Å²) in [6.07, 6.45) is 3.14. The Kier molecular flexibility index (Phi) is 10.9. The van der Waals surface area contributed by atoms with Crippen molar-refractivity contribution in [3.8, 4) is 0 Å². The van der Waals surface area contributed by atoms with Crippen molar-refractivity contribution in [2.75, 3.05) is 45.9 Å². The first-order chi connectivity index (χ1) is 13.7. The van der Waals surface area contributed by atoms with Crippen molar-refractivity contribution in [1.29, 1.82) is 0 Å². The molecule has 0 bridgehead atoms. The Hall–Kier alpha value is -1.63. The quantitative estimate of drug-likeness (QED) is 0.307. The average Bonchev–Trinajstić information content (AvgIpc) is 2.71. The number of hydrogen-bond donors (Lipinski definition) is 3. The Balaban J connectivity index is 1.60. The lowest BCUT2D eigenvalue weighted by Gasteiger charge is -2.30. The van der Waals surface area contributed by atoms with Gasteiger partial charge in [-0.2, -0.15) is 0 Å². The van der Waals surface area contributed by atoms with E-state index < -0.39 is 6.10 Å². The van der Waals surface area contributed by atoms with E-state index >= 15 is 0 Å². The smallest absolute Gasteiger partial charge is 0.191 e. The first kappa shape index (κ1) is 22.7. The Morgan fingerprint density at radius 3 is 2.71 bits per heavy atom. The van der Waals surface area contributed by atoms with Crippen LogP contribution in [0.15, 0.2) is 35.3 Å². The summed E-state index contributed by atoms with van der Waals surface area (Å²) in [7, 11) is 0. The van der Waals surface area contributed by atoms with Crippen molar-refractivity contribution >= 4 is 5.96 Å². The van der Waals surface area contributed by atoms with Crippen molar-refractivity contribution < 1.29 is 9.84 Å². The molecule has 1 atom stereocenters. The van der Waals surface area contributed by atoms with E-state index in [1.807, 2.05) is 37.3 Å². The molecular weight excluding hydrogens is 352 g/mol. The topological polar surface area (TPSA) is 69.1 Å². The standard InChI is InChI=1S/C22H38N4O2/c1-3-23-22(24-12-7-13-26-14-10-19(2)11-15-26)25-16-21(27)18-28-17-20-8-5-4-6-9-20/h4-6,8-9,19,21,27H,3,7,10-18H2,1-2H3,(H2,23,24,25). The number of nitrogens with zero attached hydrogens (tertiary/aromatic N) is 2. The predicted octanol–water partition coefficient (Wildman–Crippen LogP) is 2.24. The second-order valence-electron chi connectivity index (χ2n) is 7.68. The van der Waals surface area contributed by atoms with E-state index in [0.717, 1.165) is 43.5 Å². The van der Waals surface area contributed by atoms with Crippen LogP contribution in [-0.4, -0.2) is 67.9 Å². The van der Waals surface area contributed by atoms with E-state index in [1.54, 1.807) is 0 Å². The molecule has 0 radical (unpaired) electrons. The van der Waals surface area contributed by atoms with Crippen LogP contribution in [0.2, 0.25) is 0 Å². The molecule has 1 heterocycles. The number of guanidine groups is 1. The van der Waals surface area contributed by atoms with Gasteiger partial charge in [0.05, 0.1) is 25.9 Å². The van der Waals surface area contributed by atoms with E-state index in [2.05, 4.69) is 27.4 Å². The molecule has 1 saturated heterocycles. The van der Waals surface area contributed by atoms with Gasteiger partial charge >= 0.3 is 0 Å². The van der Waals surface area contributed by atoms with E-state index in [4.69, 9.17) is 4.74 Å². The minimum atomic E-state index is -0.602. The van der Waals surface area contributed by atoms with Gasteiger partial charge in [0.15, 0.2) is 5.96 Å². The zero-order valence-electron chi connectivity index (χ0n) is 17.6. The fourth-order valence-corrected chi connectivity index (χ4v) is 3.27. The highest BCUT2D eigenvalue weighted by atomic mass is 16.5. The minimum Gasteiger partial charge on any atom is -0.389 e. The van der Waals surface area contributed by atoms with Crippen LogP contribution in [0.3, 0.4) is 0 Å². The maximum absolute atomic E-state index is 10.1. The van der Waals surface area contributed by atoms with Crippen molar-refractivity contribution in [2.24, 2.45) is 10.9 Å². The Morgan fingerprint density at radius 1 is 1.25 bits per heavy atom. The number of rotatable bonds is 11. The number of ether oxygens (including phenoxy) is 1. The summed E-state index contributed by atoms with van der Waals surface area (Å²) in [6.45, 7) is 10.8. The highest BCUT2D eigenvalue weighted by molar-refractivity contribution is 5.79. The van der Waals surface area contributed by atoms with Crippen LogP contribution in [0.1, 0.15) is 38.7 Å². The molecule has 0 spiro atoms. The van der Waals surface area contributed by atoms with Crippen LogP contribution in [0.4, 0.5) is 0 Å². The van der Waals surface area contributed by atoms with Gasteiger partial charge < -0.3 is 25.4 Å². The Bertz CT molecular complexity index is 545. The second-order valence-corrected chi connectivity index (χ2v) is 7.68. The van der Waals surface area contributed by atoms with Gasteiger partial charge in [0.25, 0.3) is 0 Å². The number of aliphatic hydroxyl groups is 1. The number of piperidine rings is 1. The molecule has 2 rings (SSSR count). The van der Waals surface area contributed by atoms with Crippen molar-refractivity contribution in [1.82, 2.24) is 15.5 Å². The van der Waals surface area contributed by atoms with Crippen LogP contribution >= 0.6 is 0 Å². The lowest BCUT2D eigenvalue weighted by atomic mass is 9.99. The maximum atomic E-state index is 10.1. The maximum Gasteiger partial charge on any atom is 0.191 e. The molecule has 0 aliphatic carbocycles. The second kappa shape index (κ2) is 13.5. The first-order valence-electron chi connectivity index (χ1n) is 10.7. The summed E-state index contributed by atoms with van der Waals surface area (Å²) in [4.78, 5) is 7.04.